The summed E-state index contributed by atoms with van der Waals surface area (Å²) in [6.07, 6.45) is 0. The van der Waals surface area contributed by atoms with Crippen LogP contribution in [-0.2, 0) is 9.59 Å². The fourth-order valence-corrected chi connectivity index (χ4v) is 2.85. The van der Waals surface area contributed by atoms with E-state index in [4.69, 9.17) is 4.74 Å². The molecular weight excluding hydrogens is 312 g/mol. The number of anilines is 1. The van der Waals surface area contributed by atoms with Gasteiger partial charge in [-0.2, -0.15) is 0 Å². The van der Waals surface area contributed by atoms with Gasteiger partial charge in [-0.1, -0.05) is 0 Å². The molecule has 8 heteroatoms. The summed E-state index contributed by atoms with van der Waals surface area (Å²) >= 11 is 0. The molecule has 1 aromatic rings. The van der Waals surface area contributed by atoms with Gasteiger partial charge in [0.25, 0.3) is 0 Å². The van der Waals surface area contributed by atoms with Crippen LogP contribution in [0.4, 0.5) is 10.5 Å². The molecule has 0 atom stereocenters. The number of hydrogen-bond acceptors (Lipinski definition) is 4. The Morgan fingerprint density at radius 3 is 2.58 bits per heavy atom. The highest BCUT2D eigenvalue weighted by molar-refractivity contribution is 5.97. The van der Waals surface area contributed by atoms with Crippen LogP contribution in [-0.4, -0.2) is 74.0 Å². The average Bonchev–Trinajstić information content (AvgIpc) is 2.95. The minimum atomic E-state index is -0.199. The van der Waals surface area contributed by atoms with Gasteiger partial charge in [-0.3, -0.25) is 14.5 Å². The van der Waals surface area contributed by atoms with Crippen molar-refractivity contribution in [2.24, 2.45) is 0 Å². The molecule has 1 aromatic carbocycles. The lowest BCUT2D eigenvalue weighted by Gasteiger charge is -2.28. The maximum atomic E-state index is 12.5. The fourth-order valence-electron chi connectivity index (χ4n) is 2.85. The lowest BCUT2D eigenvalue weighted by Crippen LogP contribution is -2.52. The summed E-state index contributed by atoms with van der Waals surface area (Å²) in [6, 6.07) is 7.02. The lowest BCUT2D eigenvalue weighted by atomic mass is 10.3. The summed E-state index contributed by atoms with van der Waals surface area (Å²) in [5.41, 5.74) is 0.771. The summed E-state index contributed by atoms with van der Waals surface area (Å²) in [6.45, 7) is 2.00. The Morgan fingerprint density at radius 1 is 1.17 bits per heavy atom. The molecule has 0 unspecified atom stereocenters. The number of carbonyl (C=O) groups excluding carboxylic acids is 3. The molecule has 0 radical (unpaired) electrons. The summed E-state index contributed by atoms with van der Waals surface area (Å²) in [5.74, 6) is 0.359. The third-order valence-electron chi connectivity index (χ3n) is 4.20. The zero-order valence-corrected chi connectivity index (χ0v) is 13.5. The molecule has 0 spiro atoms. The van der Waals surface area contributed by atoms with Crippen LogP contribution in [0.3, 0.4) is 0 Å². The molecule has 2 aliphatic heterocycles. The quantitative estimate of drug-likeness (QED) is 0.834. The Balaban J connectivity index is 1.61. The first kappa shape index (κ1) is 16.1. The molecule has 1 N–H and O–H groups in total. The van der Waals surface area contributed by atoms with Crippen molar-refractivity contribution in [1.29, 1.82) is 0 Å². The molecule has 2 saturated heterocycles. The molecular formula is C16H20N4O4. The van der Waals surface area contributed by atoms with E-state index in [2.05, 4.69) is 5.32 Å². The van der Waals surface area contributed by atoms with Crippen LogP contribution in [0.2, 0.25) is 0 Å². The Kier molecular flexibility index (Phi) is 4.54. The number of methoxy groups -OCH3 is 1. The van der Waals surface area contributed by atoms with Crippen molar-refractivity contribution in [3.05, 3.63) is 24.3 Å². The molecule has 2 fully saturated rings. The van der Waals surface area contributed by atoms with E-state index < -0.39 is 0 Å². The average molecular weight is 332 g/mol. The lowest BCUT2D eigenvalue weighted by molar-refractivity contribution is -0.138. The molecule has 2 heterocycles. The first-order valence-electron chi connectivity index (χ1n) is 7.83. The van der Waals surface area contributed by atoms with Gasteiger partial charge in [-0.15, -0.1) is 0 Å². The second kappa shape index (κ2) is 6.77. The van der Waals surface area contributed by atoms with Gasteiger partial charge in [0.15, 0.2) is 0 Å². The number of rotatable bonds is 4. The van der Waals surface area contributed by atoms with Gasteiger partial charge in [-0.25, -0.2) is 4.79 Å². The van der Waals surface area contributed by atoms with Gasteiger partial charge < -0.3 is 19.9 Å². The normalized spacial score (nSPS) is 18.0. The number of piperazine rings is 1. The van der Waals surface area contributed by atoms with Crippen LogP contribution in [0.1, 0.15) is 0 Å². The van der Waals surface area contributed by atoms with Gasteiger partial charge in [0.2, 0.25) is 11.8 Å². The predicted octanol–water partition coefficient (Wildman–Crippen LogP) is -0.104. The van der Waals surface area contributed by atoms with Crippen molar-refractivity contribution in [1.82, 2.24) is 15.1 Å². The topological polar surface area (TPSA) is 82.2 Å². The van der Waals surface area contributed by atoms with E-state index >= 15 is 0 Å². The number of hydrogen-bond donors (Lipinski definition) is 1. The van der Waals surface area contributed by atoms with Crippen molar-refractivity contribution >= 4 is 23.5 Å². The smallest absolute Gasteiger partial charge is 0.325 e. The second-order valence-electron chi connectivity index (χ2n) is 5.72. The summed E-state index contributed by atoms with van der Waals surface area (Å²) in [5, 5.41) is 2.68. The van der Waals surface area contributed by atoms with Crippen LogP contribution >= 0.6 is 0 Å². The van der Waals surface area contributed by atoms with Gasteiger partial charge in [0, 0.05) is 31.9 Å². The van der Waals surface area contributed by atoms with Crippen LogP contribution in [0.25, 0.3) is 0 Å². The van der Waals surface area contributed by atoms with Crippen molar-refractivity contribution in [2.75, 3.05) is 51.3 Å². The Morgan fingerprint density at radius 2 is 1.92 bits per heavy atom. The molecule has 24 heavy (non-hydrogen) atoms. The van der Waals surface area contributed by atoms with E-state index in [1.54, 1.807) is 24.1 Å². The minimum absolute atomic E-state index is 0.00122. The van der Waals surface area contributed by atoms with Crippen molar-refractivity contribution in [2.45, 2.75) is 0 Å². The SMILES string of the molecule is COc1ccc(N2CCN(CC(=O)N3CCNC(=O)C3)C2=O)cc1. The van der Waals surface area contributed by atoms with Gasteiger partial charge >= 0.3 is 6.03 Å². The zero-order valence-electron chi connectivity index (χ0n) is 13.5. The standard InChI is InChI=1S/C16H20N4O4/c1-24-13-4-2-12(3-5-13)20-9-8-19(16(20)23)11-15(22)18-7-6-17-14(21)10-18/h2-5H,6-11H2,1H3,(H,17,21). The Labute approximate surface area is 139 Å². The number of ether oxygens (including phenoxy) is 1. The molecule has 3 rings (SSSR count). The van der Waals surface area contributed by atoms with E-state index in [-0.39, 0.29) is 30.9 Å². The van der Waals surface area contributed by atoms with Crippen molar-refractivity contribution in [3.63, 3.8) is 0 Å². The summed E-state index contributed by atoms with van der Waals surface area (Å²) in [7, 11) is 1.59. The molecule has 0 aromatic heterocycles. The van der Waals surface area contributed by atoms with E-state index in [1.165, 1.54) is 9.80 Å². The van der Waals surface area contributed by atoms with Crippen LogP contribution < -0.4 is 15.0 Å². The monoisotopic (exact) mass is 332 g/mol. The van der Waals surface area contributed by atoms with Crippen LogP contribution in [0.5, 0.6) is 5.75 Å². The van der Waals surface area contributed by atoms with E-state index in [0.29, 0.717) is 26.2 Å². The highest BCUT2D eigenvalue weighted by Crippen LogP contribution is 2.23. The van der Waals surface area contributed by atoms with Crippen molar-refractivity contribution in [3.8, 4) is 5.75 Å². The molecule has 128 valence electrons. The van der Waals surface area contributed by atoms with Gasteiger partial charge in [0.05, 0.1) is 13.7 Å². The summed E-state index contributed by atoms with van der Waals surface area (Å²) < 4.78 is 5.11. The molecule has 0 saturated carbocycles. The predicted molar refractivity (Wildman–Crippen MR) is 86.9 cm³/mol. The van der Waals surface area contributed by atoms with E-state index in [9.17, 15) is 14.4 Å². The number of amides is 4. The zero-order chi connectivity index (χ0) is 17.1. The molecule has 2 aliphatic rings. The fraction of sp³-hybridized carbons (Fsp3) is 0.438. The van der Waals surface area contributed by atoms with E-state index in [0.717, 1.165) is 11.4 Å². The molecule has 0 bridgehead atoms. The maximum Gasteiger partial charge on any atom is 0.325 e. The van der Waals surface area contributed by atoms with Crippen LogP contribution in [0, 0.1) is 0 Å². The van der Waals surface area contributed by atoms with Gasteiger partial charge in [0.1, 0.15) is 12.3 Å². The van der Waals surface area contributed by atoms with Crippen LogP contribution in [0.15, 0.2) is 24.3 Å². The molecule has 4 amide bonds. The largest absolute Gasteiger partial charge is 0.497 e. The Hall–Kier alpha value is -2.77. The summed E-state index contributed by atoms with van der Waals surface area (Å²) in [4.78, 5) is 40.8. The first-order valence-corrected chi connectivity index (χ1v) is 7.83. The number of carbonyl (C=O) groups is 3. The maximum absolute atomic E-state index is 12.5. The minimum Gasteiger partial charge on any atom is -0.497 e. The van der Waals surface area contributed by atoms with Gasteiger partial charge in [-0.05, 0) is 24.3 Å². The van der Waals surface area contributed by atoms with Crippen molar-refractivity contribution < 1.29 is 19.1 Å². The molecule has 0 aliphatic carbocycles. The first-order chi connectivity index (χ1) is 11.6. The molecule has 8 nitrogen and oxygen atoms in total. The number of benzene rings is 1. The highest BCUT2D eigenvalue weighted by Gasteiger charge is 2.32. The third kappa shape index (κ3) is 3.27. The third-order valence-corrected chi connectivity index (χ3v) is 4.20. The van der Waals surface area contributed by atoms with E-state index in [1.807, 2.05) is 12.1 Å². The Bertz CT molecular complexity index is 646. The highest BCUT2D eigenvalue weighted by atomic mass is 16.5. The number of nitrogens with one attached hydrogen (secondary N) is 1. The number of urea groups is 1. The number of nitrogens with zero attached hydrogens (tertiary/aromatic N) is 3. The second-order valence-corrected chi connectivity index (χ2v) is 5.72.